The van der Waals surface area contributed by atoms with Crippen LogP contribution in [0.25, 0.3) is 0 Å². The average Bonchev–Trinajstić information content (AvgIpc) is 2.96. The maximum atomic E-state index is 11.8. The molecular weight excluding hydrogens is 276 g/mol. The molecule has 1 aliphatic rings. The van der Waals surface area contributed by atoms with E-state index in [9.17, 15) is 19.8 Å². The second-order valence-electron chi connectivity index (χ2n) is 5.15. The lowest BCUT2D eigenvalue weighted by Crippen LogP contribution is -2.33. The molecule has 0 saturated heterocycles. The Morgan fingerprint density at radius 3 is 2.05 bits per heavy atom. The number of hydrogen-bond donors (Lipinski definition) is 2. The fourth-order valence-electron chi connectivity index (χ4n) is 3.02. The van der Waals surface area contributed by atoms with Gasteiger partial charge in [0.05, 0.1) is 19.6 Å². The molecule has 2 N–H and O–H groups in total. The summed E-state index contributed by atoms with van der Waals surface area (Å²) in [6.07, 6.45) is 2.54. The third kappa shape index (κ3) is 2.41. The standard InChI is InChI=1S/C15H18O6/c1-20-11-8-12(21-2)10(7-9(11)13(16)17)15(14(18)19)5-3-4-6-15/h7-8H,3-6H2,1-2H3,(H,16,17)(H,18,19). The van der Waals surface area contributed by atoms with Crippen LogP contribution in [0.5, 0.6) is 11.5 Å². The number of aliphatic carboxylic acids is 1. The lowest BCUT2D eigenvalue weighted by Gasteiger charge is -2.27. The Balaban J connectivity index is 2.69. The van der Waals surface area contributed by atoms with Crippen LogP contribution >= 0.6 is 0 Å². The number of ether oxygens (including phenoxy) is 2. The molecule has 0 heterocycles. The molecule has 1 fully saturated rings. The number of rotatable bonds is 5. The average molecular weight is 294 g/mol. The Labute approximate surface area is 122 Å². The summed E-state index contributed by atoms with van der Waals surface area (Å²) in [7, 11) is 2.80. The van der Waals surface area contributed by atoms with E-state index in [-0.39, 0.29) is 11.3 Å². The maximum absolute atomic E-state index is 11.8. The lowest BCUT2D eigenvalue weighted by atomic mass is 9.77. The van der Waals surface area contributed by atoms with Gasteiger partial charge in [-0.05, 0) is 18.9 Å². The highest BCUT2D eigenvalue weighted by molar-refractivity contribution is 5.93. The Bertz CT molecular complexity index is 572. The first-order valence-corrected chi connectivity index (χ1v) is 6.69. The monoisotopic (exact) mass is 294 g/mol. The highest BCUT2D eigenvalue weighted by Crippen LogP contribution is 2.46. The van der Waals surface area contributed by atoms with Crippen molar-refractivity contribution in [2.24, 2.45) is 0 Å². The van der Waals surface area contributed by atoms with E-state index in [1.54, 1.807) is 0 Å². The van der Waals surface area contributed by atoms with Crippen LogP contribution in [-0.2, 0) is 10.2 Å². The van der Waals surface area contributed by atoms with Crippen LogP contribution in [0, 0.1) is 0 Å². The Hall–Kier alpha value is -2.24. The van der Waals surface area contributed by atoms with Crippen LogP contribution < -0.4 is 9.47 Å². The van der Waals surface area contributed by atoms with Crippen molar-refractivity contribution in [1.82, 2.24) is 0 Å². The number of benzene rings is 1. The van der Waals surface area contributed by atoms with Crippen LogP contribution in [0.3, 0.4) is 0 Å². The quantitative estimate of drug-likeness (QED) is 0.865. The van der Waals surface area contributed by atoms with Crippen LogP contribution in [-0.4, -0.2) is 36.4 Å². The minimum atomic E-state index is -1.16. The van der Waals surface area contributed by atoms with Crippen molar-refractivity contribution < 1.29 is 29.3 Å². The van der Waals surface area contributed by atoms with E-state index in [0.717, 1.165) is 12.8 Å². The zero-order chi connectivity index (χ0) is 15.6. The molecule has 21 heavy (non-hydrogen) atoms. The smallest absolute Gasteiger partial charge is 0.339 e. The number of carboxylic acids is 2. The van der Waals surface area contributed by atoms with Crippen molar-refractivity contribution in [3.8, 4) is 11.5 Å². The van der Waals surface area contributed by atoms with Crippen LogP contribution in [0.1, 0.15) is 41.6 Å². The summed E-state index contributed by atoms with van der Waals surface area (Å²) in [4.78, 5) is 23.1. The normalized spacial score (nSPS) is 16.5. The zero-order valence-corrected chi connectivity index (χ0v) is 12.0. The van der Waals surface area contributed by atoms with Crippen LogP contribution in [0.2, 0.25) is 0 Å². The van der Waals surface area contributed by atoms with Gasteiger partial charge in [-0.15, -0.1) is 0 Å². The largest absolute Gasteiger partial charge is 0.496 e. The molecule has 0 radical (unpaired) electrons. The first kappa shape index (κ1) is 15.2. The summed E-state index contributed by atoms with van der Waals surface area (Å²) in [6.45, 7) is 0. The summed E-state index contributed by atoms with van der Waals surface area (Å²) in [5.41, 5.74) is -0.726. The van der Waals surface area contributed by atoms with E-state index in [1.807, 2.05) is 0 Å². The van der Waals surface area contributed by atoms with E-state index in [1.165, 1.54) is 26.4 Å². The zero-order valence-electron chi connectivity index (χ0n) is 12.0. The van der Waals surface area contributed by atoms with Crippen molar-refractivity contribution in [2.45, 2.75) is 31.1 Å². The van der Waals surface area contributed by atoms with E-state index in [4.69, 9.17) is 9.47 Å². The van der Waals surface area contributed by atoms with Gasteiger partial charge in [-0.1, -0.05) is 12.8 Å². The molecule has 0 spiro atoms. The molecule has 1 saturated carbocycles. The molecule has 0 aliphatic heterocycles. The van der Waals surface area contributed by atoms with Gasteiger partial charge in [0.2, 0.25) is 0 Å². The molecule has 0 atom stereocenters. The van der Waals surface area contributed by atoms with E-state index in [0.29, 0.717) is 24.2 Å². The second-order valence-corrected chi connectivity index (χ2v) is 5.15. The van der Waals surface area contributed by atoms with Crippen molar-refractivity contribution >= 4 is 11.9 Å². The minimum absolute atomic E-state index is 0.0548. The maximum Gasteiger partial charge on any atom is 0.339 e. The third-order valence-electron chi connectivity index (χ3n) is 4.13. The molecule has 6 heteroatoms. The predicted molar refractivity (Wildman–Crippen MR) is 74.3 cm³/mol. The summed E-state index contributed by atoms with van der Waals surface area (Å²) in [5, 5.41) is 18.9. The van der Waals surface area contributed by atoms with Gasteiger partial charge in [-0.2, -0.15) is 0 Å². The van der Waals surface area contributed by atoms with Gasteiger partial charge < -0.3 is 19.7 Å². The second kappa shape index (κ2) is 5.63. The summed E-state index contributed by atoms with van der Waals surface area (Å²) >= 11 is 0. The highest BCUT2D eigenvalue weighted by Gasteiger charge is 2.45. The van der Waals surface area contributed by atoms with Gasteiger partial charge in [0.25, 0.3) is 0 Å². The molecule has 0 unspecified atom stereocenters. The van der Waals surface area contributed by atoms with Crippen molar-refractivity contribution in [3.63, 3.8) is 0 Å². The van der Waals surface area contributed by atoms with Gasteiger partial charge in [-0.25, -0.2) is 4.79 Å². The molecule has 114 valence electrons. The molecule has 1 aromatic rings. The molecule has 2 rings (SSSR count). The SMILES string of the molecule is COc1cc(OC)c(C2(C(=O)O)CCCC2)cc1C(=O)O. The molecule has 0 aromatic heterocycles. The number of aromatic carboxylic acids is 1. The Kier molecular flexibility index (Phi) is 4.06. The first-order valence-electron chi connectivity index (χ1n) is 6.69. The van der Waals surface area contributed by atoms with Gasteiger partial charge in [0.1, 0.15) is 17.1 Å². The predicted octanol–water partition coefficient (Wildman–Crippen LogP) is 2.30. The number of carbonyl (C=O) groups is 2. The Morgan fingerprint density at radius 2 is 1.62 bits per heavy atom. The Morgan fingerprint density at radius 1 is 1.05 bits per heavy atom. The van der Waals surface area contributed by atoms with Crippen LogP contribution in [0.15, 0.2) is 12.1 Å². The fourth-order valence-corrected chi connectivity index (χ4v) is 3.02. The van der Waals surface area contributed by atoms with E-state index in [2.05, 4.69) is 0 Å². The number of carboxylic acid groups (broad SMARTS) is 2. The lowest BCUT2D eigenvalue weighted by molar-refractivity contribution is -0.143. The molecular formula is C15H18O6. The van der Waals surface area contributed by atoms with E-state index >= 15 is 0 Å². The summed E-state index contributed by atoms with van der Waals surface area (Å²) in [5.74, 6) is -1.60. The number of methoxy groups -OCH3 is 2. The van der Waals surface area contributed by atoms with Gasteiger partial charge in [0.15, 0.2) is 0 Å². The van der Waals surface area contributed by atoms with Crippen molar-refractivity contribution in [3.05, 3.63) is 23.3 Å². The van der Waals surface area contributed by atoms with Crippen molar-refractivity contribution in [1.29, 1.82) is 0 Å². The molecule has 0 bridgehead atoms. The first-order chi connectivity index (χ1) is 9.96. The van der Waals surface area contributed by atoms with Crippen molar-refractivity contribution in [2.75, 3.05) is 14.2 Å². The molecule has 0 amide bonds. The third-order valence-corrected chi connectivity index (χ3v) is 4.13. The number of hydrogen-bond acceptors (Lipinski definition) is 4. The molecule has 1 aliphatic carbocycles. The summed E-state index contributed by atoms with van der Waals surface area (Å²) in [6, 6.07) is 2.82. The van der Waals surface area contributed by atoms with E-state index < -0.39 is 17.4 Å². The van der Waals surface area contributed by atoms with Gasteiger partial charge in [-0.3, -0.25) is 4.79 Å². The topological polar surface area (TPSA) is 93.1 Å². The highest BCUT2D eigenvalue weighted by atomic mass is 16.5. The summed E-state index contributed by atoms with van der Waals surface area (Å²) < 4.78 is 10.3. The van der Waals surface area contributed by atoms with Gasteiger partial charge in [0, 0.05) is 11.6 Å². The van der Waals surface area contributed by atoms with Gasteiger partial charge >= 0.3 is 11.9 Å². The molecule has 6 nitrogen and oxygen atoms in total. The fraction of sp³-hybridized carbons (Fsp3) is 0.467. The van der Waals surface area contributed by atoms with Crippen LogP contribution in [0.4, 0.5) is 0 Å². The minimum Gasteiger partial charge on any atom is -0.496 e. The molecule has 1 aromatic carbocycles.